The van der Waals surface area contributed by atoms with Gasteiger partial charge in [0.1, 0.15) is 0 Å². The van der Waals surface area contributed by atoms with Crippen molar-refractivity contribution in [2.75, 3.05) is 13.2 Å². The molecule has 0 amide bonds. The number of nitrogens with one attached hydrogen (secondary N) is 1. The Morgan fingerprint density at radius 1 is 1.29 bits per heavy atom. The van der Waals surface area contributed by atoms with Crippen molar-refractivity contribution in [2.24, 2.45) is 5.92 Å². The van der Waals surface area contributed by atoms with Gasteiger partial charge in [0.05, 0.1) is 12.3 Å². The van der Waals surface area contributed by atoms with Crippen LogP contribution in [-0.4, -0.2) is 23.3 Å². The van der Waals surface area contributed by atoms with E-state index in [1.807, 2.05) is 12.1 Å². The summed E-state index contributed by atoms with van der Waals surface area (Å²) in [6.07, 6.45) is 2.18. The fourth-order valence-corrected chi connectivity index (χ4v) is 1.33. The van der Waals surface area contributed by atoms with Gasteiger partial charge in [-0.25, -0.2) is 0 Å². The third-order valence-corrected chi connectivity index (χ3v) is 2.30. The number of nitrogens with zero attached hydrogens (tertiary/aromatic N) is 2. The summed E-state index contributed by atoms with van der Waals surface area (Å²) in [5.41, 5.74) is 0.952. The summed E-state index contributed by atoms with van der Waals surface area (Å²) in [6, 6.07) is 3.84. The van der Waals surface area contributed by atoms with E-state index >= 15 is 0 Å². The van der Waals surface area contributed by atoms with Gasteiger partial charge < -0.3 is 10.1 Å². The van der Waals surface area contributed by atoms with E-state index in [0.717, 1.165) is 38.2 Å². The molecule has 0 aromatic carbocycles. The lowest BCUT2D eigenvalue weighted by Crippen LogP contribution is -2.19. The Morgan fingerprint density at radius 3 is 2.71 bits per heavy atom. The standard InChI is InChI=1S/C13H23N3O/c1-4-5-8-17-13-7-6-12(15-16-13)10-14-9-11(2)3/h6-7,11,14H,4-5,8-10H2,1-3H3. The van der Waals surface area contributed by atoms with Crippen LogP contribution in [0.2, 0.25) is 0 Å². The van der Waals surface area contributed by atoms with E-state index in [-0.39, 0.29) is 0 Å². The number of aromatic nitrogens is 2. The highest BCUT2D eigenvalue weighted by molar-refractivity contribution is 5.11. The summed E-state index contributed by atoms with van der Waals surface area (Å²) in [7, 11) is 0. The lowest BCUT2D eigenvalue weighted by atomic mass is 10.2. The molecule has 17 heavy (non-hydrogen) atoms. The van der Waals surface area contributed by atoms with E-state index in [1.54, 1.807) is 0 Å². The van der Waals surface area contributed by atoms with Crippen molar-refractivity contribution in [2.45, 2.75) is 40.2 Å². The van der Waals surface area contributed by atoms with E-state index in [0.29, 0.717) is 11.8 Å². The Bertz CT molecular complexity index is 298. The molecule has 0 saturated carbocycles. The quantitative estimate of drug-likeness (QED) is 0.705. The third-order valence-electron chi connectivity index (χ3n) is 2.30. The molecule has 0 fully saturated rings. The van der Waals surface area contributed by atoms with Crippen molar-refractivity contribution < 1.29 is 4.74 Å². The maximum absolute atomic E-state index is 5.45. The first-order valence-electron chi connectivity index (χ1n) is 6.38. The second kappa shape index (κ2) is 8.01. The van der Waals surface area contributed by atoms with Crippen LogP contribution in [-0.2, 0) is 6.54 Å². The van der Waals surface area contributed by atoms with Crippen molar-refractivity contribution in [3.63, 3.8) is 0 Å². The predicted octanol–water partition coefficient (Wildman–Crippen LogP) is 2.40. The minimum atomic E-state index is 0.617. The molecule has 1 rings (SSSR count). The fraction of sp³-hybridized carbons (Fsp3) is 0.692. The summed E-state index contributed by atoms with van der Waals surface area (Å²) >= 11 is 0. The van der Waals surface area contributed by atoms with E-state index in [1.165, 1.54) is 0 Å². The highest BCUT2D eigenvalue weighted by Gasteiger charge is 1.99. The molecule has 0 aliphatic heterocycles. The van der Waals surface area contributed by atoms with E-state index in [2.05, 4.69) is 36.3 Å². The SMILES string of the molecule is CCCCOc1ccc(CNCC(C)C)nn1. The Labute approximate surface area is 104 Å². The molecule has 0 aliphatic rings. The van der Waals surface area contributed by atoms with E-state index in [9.17, 15) is 0 Å². The fourth-order valence-electron chi connectivity index (χ4n) is 1.33. The zero-order valence-corrected chi connectivity index (χ0v) is 11.1. The van der Waals surface area contributed by atoms with Crippen molar-refractivity contribution >= 4 is 0 Å². The second-order valence-electron chi connectivity index (χ2n) is 4.59. The first kappa shape index (κ1) is 13.9. The van der Waals surface area contributed by atoms with Crippen molar-refractivity contribution in [1.82, 2.24) is 15.5 Å². The van der Waals surface area contributed by atoms with Gasteiger partial charge in [-0.2, -0.15) is 5.10 Å². The molecule has 4 nitrogen and oxygen atoms in total. The third kappa shape index (κ3) is 6.22. The highest BCUT2D eigenvalue weighted by atomic mass is 16.5. The van der Waals surface area contributed by atoms with Gasteiger partial charge in [0, 0.05) is 12.6 Å². The van der Waals surface area contributed by atoms with Gasteiger partial charge in [-0.3, -0.25) is 0 Å². The summed E-state index contributed by atoms with van der Waals surface area (Å²) in [6.45, 7) is 8.98. The Kier molecular flexibility index (Phi) is 6.55. The average Bonchev–Trinajstić information content (AvgIpc) is 2.31. The zero-order valence-electron chi connectivity index (χ0n) is 11.1. The van der Waals surface area contributed by atoms with Crippen LogP contribution in [0.25, 0.3) is 0 Å². The van der Waals surface area contributed by atoms with Gasteiger partial charge in [0.15, 0.2) is 0 Å². The molecule has 0 radical (unpaired) electrons. The highest BCUT2D eigenvalue weighted by Crippen LogP contribution is 2.05. The van der Waals surface area contributed by atoms with Crippen molar-refractivity contribution in [3.8, 4) is 5.88 Å². The second-order valence-corrected chi connectivity index (χ2v) is 4.59. The molecule has 1 aromatic rings. The summed E-state index contributed by atoms with van der Waals surface area (Å²) in [5.74, 6) is 1.27. The normalized spacial score (nSPS) is 10.8. The molecule has 96 valence electrons. The maximum Gasteiger partial charge on any atom is 0.233 e. The Balaban J connectivity index is 2.29. The first-order chi connectivity index (χ1) is 8.22. The van der Waals surface area contributed by atoms with E-state index in [4.69, 9.17) is 4.74 Å². The lowest BCUT2D eigenvalue weighted by Gasteiger charge is -2.07. The molecular formula is C13H23N3O. The monoisotopic (exact) mass is 237 g/mol. The molecular weight excluding hydrogens is 214 g/mol. The topological polar surface area (TPSA) is 47.0 Å². The van der Waals surface area contributed by atoms with Gasteiger partial charge in [0.25, 0.3) is 0 Å². The molecule has 0 bridgehead atoms. The number of hydrogen-bond donors (Lipinski definition) is 1. The minimum absolute atomic E-state index is 0.617. The van der Waals surface area contributed by atoms with Gasteiger partial charge in [-0.05, 0) is 24.9 Å². The summed E-state index contributed by atoms with van der Waals surface area (Å²) in [5, 5.41) is 11.5. The number of unbranched alkanes of at least 4 members (excludes halogenated alkanes) is 1. The van der Waals surface area contributed by atoms with Crippen molar-refractivity contribution in [1.29, 1.82) is 0 Å². The van der Waals surface area contributed by atoms with Crippen LogP contribution in [0.4, 0.5) is 0 Å². The van der Waals surface area contributed by atoms with Gasteiger partial charge in [-0.1, -0.05) is 27.2 Å². The van der Waals surface area contributed by atoms with Gasteiger partial charge in [0.2, 0.25) is 5.88 Å². The van der Waals surface area contributed by atoms with Crippen LogP contribution in [0, 0.1) is 5.92 Å². The Morgan fingerprint density at radius 2 is 2.12 bits per heavy atom. The lowest BCUT2D eigenvalue weighted by molar-refractivity contribution is 0.293. The van der Waals surface area contributed by atoms with Gasteiger partial charge >= 0.3 is 0 Å². The molecule has 4 heteroatoms. The molecule has 0 spiro atoms. The van der Waals surface area contributed by atoms with Crippen LogP contribution in [0.15, 0.2) is 12.1 Å². The molecule has 1 N–H and O–H groups in total. The van der Waals surface area contributed by atoms with Crippen LogP contribution >= 0.6 is 0 Å². The molecule has 0 aliphatic carbocycles. The number of hydrogen-bond acceptors (Lipinski definition) is 4. The summed E-state index contributed by atoms with van der Waals surface area (Å²) in [4.78, 5) is 0. The maximum atomic E-state index is 5.45. The first-order valence-corrected chi connectivity index (χ1v) is 6.38. The molecule has 1 aromatic heterocycles. The Hall–Kier alpha value is -1.16. The molecule has 0 saturated heterocycles. The van der Waals surface area contributed by atoms with E-state index < -0.39 is 0 Å². The molecule has 0 atom stereocenters. The van der Waals surface area contributed by atoms with Crippen LogP contribution in [0.3, 0.4) is 0 Å². The smallest absolute Gasteiger partial charge is 0.233 e. The predicted molar refractivity (Wildman–Crippen MR) is 69.0 cm³/mol. The van der Waals surface area contributed by atoms with Gasteiger partial charge in [-0.15, -0.1) is 5.10 Å². The summed E-state index contributed by atoms with van der Waals surface area (Å²) < 4.78 is 5.45. The van der Waals surface area contributed by atoms with Crippen LogP contribution in [0.1, 0.15) is 39.3 Å². The number of rotatable bonds is 8. The zero-order chi connectivity index (χ0) is 12.5. The van der Waals surface area contributed by atoms with Crippen molar-refractivity contribution in [3.05, 3.63) is 17.8 Å². The minimum Gasteiger partial charge on any atom is -0.477 e. The van der Waals surface area contributed by atoms with Crippen LogP contribution < -0.4 is 10.1 Å². The largest absolute Gasteiger partial charge is 0.477 e. The van der Waals surface area contributed by atoms with Crippen LogP contribution in [0.5, 0.6) is 5.88 Å². The average molecular weight is 237 g/mol. The molecule has 0 unspecified atom stereocenters. The molecule has 1 heterocycles. The number of ether oxygens (including phenoxy) is 1.